The van der Waals surface area contributed by atoms with Crippen molar-refractivity contribution in [2.24, 2.45) is 5.92 Å². The molecular weight excluding hydrogens is 438 g/mol. The largest absolute Gasteiger partial charge is 0.461 e. The van der Waals surface area contributed by atoms with Crippen LogP contribution in [0.15, 0.2) is 54.6 Å². The van der Waals surface area contributed by atoms with Gasteiger partial charge in [0.1, 0.15) is 0 Å². The molecule has 0 aliphatic heterocycles. The summed E-state index contributed by atoms with van der Waals surface area (Å²) in [4.78, 5) is 25.1. The Morgan fingerprint density at radius 1 is 1.00 bits per heavy atom. The van der Waals surface area contributed by atoms with Crippen molar-refractivity contribution >= 4 is 11.9 Å². The highest BCUT2D eigenvalue weighted by molar-refractivity contribution is 5.94. The van der Waals surface area contributed by atoms with E-state index < -0.39 is 5.97 Å². The van der Waals surface area contributed by atoms with Gasteiger partial charge in [-0.3, -0.25) is 4.79 Å². The molecule has 35 heavy (non-hydrogen) atoms. The van der Waals surface area contributed by atoms with Crippen molar-refractivity contribution in [1.29, 1.82) is 0 Å². The quantitative estimate of drug-likeness (QED) is 0.315. The lowest BCUT2D eigenvalue weighted by Gasteiger charge is -2.15. The second kappa shape index (κ2) is 12.9. The zero-order chi connectivity index (χ0) is 25.2. The van der Waals surface area contributed by atoms with Crippen LogP contribution in [0.4, 0.5) is 0 Å². The zero-order valence-corrected chi connectivity index (χ0v) is 21.3. The Morgan fingerprint density at radius 2 is 1.71 bits per heavy atom. The molecule has 3 aromatic rings. The maximum atomic E-state index is 12.7. The van der Waals surface area contributed by atoms with Crippen LogP contribution in [0.5, 0.6) is 0 Å². The molecule has 1 unspecified atom stereocenters. The molecule has 0 fully saturated rings. The molecule has 0 aliphatic rings. The highest BCUT2D eigenvalue weighted by Crippen LogP contribution is 2.25. The summed E-state index contributed by atoms with van der Waals surface area (Å²) in [6.45, 7) is 9.22. The average molecular weight is 476 g/mol. The molecule has 186 valence electrons. The van der Waals surface area contributed by atoms with Gasteiger partial charge in [0.05, 0.1) is 18.0 Å². The Hall–Kier alpha value is -3.41. The first-order chi connectivity index (χ1) is 17.0. The van der Waals surface area contributed by atoms with Gasteiger partial charge in [0.15, 0.2) is 5.69 Å². The van der Waals surface area contributed by atoms with Gasteiger partial charge in [-0.1, -0.05) is 64.3 Å². The van der Waals surface area contributed by atoms with Gasteiger partial charge in [-0.05, 0) is 61.6 Å². The first-order valence-corrected chi connectivity index (χ1v) is 12.8. The lowest BCUT2D eigenvalue weighted by atomic mass is 9.99. The molecule has 0 aliphatic carbocycles. The van der Waals surface area contributed by atoms with E-state index in [-0.39, 0.29) is 18.2 Å². The van der Waals surface area contributed by atoms with Gasteiger partial charge >= 0.3 is 5.97 Å². The van der Waals surface area contributed by atoms with E-state index in [4.69, 9.17) is 4.74 Å². The van der Waals surface area contributed by atoms with Crippen molar-refractivity contribution in [3.8, 4) is 16.9 Å². The predicted molar refractivity (Wildman–Crippen MR) is 140 cm³/mol. The van der Waals surface area contributed by atoms with Crippen LogP contribution in [0.2, 0.25) is 0 Å². The van der Waals surface area contributed by atoms with Crippen molar-refractivity contribution in [1.82, 2.24) is 15.1 Å². The van der Waals surface area contributed by atoms with Crippen LogP contribution in [0.1, 0.15) is 79.8 Å². The molecule has 0 saturated carbocycles. The number of aromatic nitrogens is 2. The maximum Gasteiger partial charge on any atom is 0.358 e. The van der Waals surface area contributed by atoms with Crippen LogP contribution >= 0.6 is 0 Å². The number of nitrogens with zero attached hydrogens (tertiary/aromatic N) is 2. The Labute approximate surface area is 208 Å². The smallest absolute Gasteiger partial charge is 0.358 e. The molecule has 1 aromatic heterocycles. The highest BCUT2D eigenvalue weighted by atomic mass is 16.5. The Bertz CT molecular complexity index is 1100. The summed E-state index contributed by atoms with van der Waals surface area (Å²) in [6.07, 6.45) is 5.50. The number of rotatable bonds is 12. The number of aryl methyl sites for hydroxylation is 1. The van der Waals surface area contributed by atoms with Crippen LogP contribution < -0.4 is 5.32 Å². The molecule has 0 saturated heterocycles. The number of amides is 1. The molecule has 1 amide bonds. The number of nitrogens with one attached hydrogen (secondary N) is 1. The van der Waals surface area contributed by atoms with Gasteiger partial charge in [0.2, 0.25) is 0 Å². The molecule has 1 heterocycles. The predicted octanol–water partition coefficient (Wildman–Crippen LogP) is 6.22. The first-order valence-electron chi connectivity index (χ1n) is 12.8. The number of unbranched alkanes of at least 4 members (excludes halogenated alkanes) is 1. The Balaban J connectivity index is 1.84. The third kappa shape index (κ3) is 6.81. The SMILES string of the molecule is CCCCC(CC)CNC(=O)c1ccc(-n2nc(C(=O)OCC)cc2-c2ccc(CC)cc2)cc1. The van der Waals surface area contributed by atoms with Crippen molar-refractivity contribution in [2.75, 3.05) is 13.2 Å². The third-order valence-electron chi connectivity index (χ3n) is 6.32. The van der Waals surface area contributed by atoms with Crippen molar-refractivity contribution < 1.29 is 14.3 Å². The first kappa shape index (κ1) is 26.2. The van der Waals surface area contributed by atoms with Crippen LogP contribution in [0.25, 0.3) is 16.9 Å². The molecule has 6 nitrogen and oxygen atoms in total. The monoisotopic (exact) mass is 475 g/mol. The van der Waals surface area contributed by atoms with E-state index in [0.29, 0.717) is 18.0 Å². The summed E-state index contributed by atoms with van der Waals surface area (Å²) in [5.41, 5.74) is 4.59. The molecule has 0 radical (unpaired) electrons. The molecule has 3 rings (SSSR count). The van der Waals surface area contributed by atoms with E-state index in [0.717, 1.165) is 36.2 Å². The van der Waals surface area contributed by atoms with Gasteiger partial charge < -0.3 is 10.1 Å². The van der Waals surface area contributed by atoms with E-state index in [1.54, 1.807) is 29.8 Å². The zero-order valence-electron chi connectivity index (χ0n) is 21.3. The van der Waals surface area contributed by atoms with Crippen LogP contribution in [0, 0.1) is 5.92 Å². The fourth-order valence-corrected chi connectivity index (χ4v) is 4.04. The Kier molecular flexibility index (Phi) is 9.65. The van der Waals surface area contributed by atoms with Gasteiger partial charge in [-0.15, -0.1) is 0 Å². The molecule has 2 aromatic carbocycles. The molecular formula is C29H37N3O3. The molecule has 1 atom stereocenters. The normalized spacial score (nSPS) is 11.8. The average Bonchev–Trinajstić information content (AvgIpc) is 3.34. The highest BCUT2D eigenvalue weighted by Gasteiger charge is 2.18. The van der Waals surface area contributed by atoms with Gasteiger partial charge in [-0.25, -0.2) is 9.48 Å². The van der Waals surface area contributed by atoms with Crippen molar-refractivity contribution in [3.63, 3.8) is 0 Å². The van der Waals surface area contributed by atoms with Gasteiger partial charge in [0, 0.05) is 17.7 Å². The van der Waals surface area contributed by atoms with Crippen LogP contribution in [-0.4, -0.2) is 34.8 Å². The fourth-order valence-electron chi connectivity index (χ4n) is 4.04. The number of esters is 1. The van der Waals surface area contributed by atoms with E-state index >= 15 is 0 Å². The molecule has 6 heteroatoms. The number of benzene rings is 2. The molecule has 0 spiro atoms. The summed E-state index contributed by atoms with van der Waals surface area (Å²) in [5.74, 6) is -0.0259. The number of hydrogen-bond donors (Lipinski definition) is 1. The van der Waals surface area contributed by atoms with E-state index in [2.05, 4.69) is 43.3 Å². The third-order valence-corrected chi connectivity index (χ3v) is 6.32. The lowest BCUT2D eigenvalue weighted by molar-refractivity contribution is 0.0518. The van der Waals surface area contributed by atoms with E-state index in [1.165, 1.54) is 18.4 Å². The number of carbonyl (C=O) groups is 2. The second-order valence-corrected chi connectivity index (χ2v) is 8.77. The fraction of sp³-hybridized carbons (Fsp3) is 0.414. The van der Waals surface area contributed by atoms with Crippen LogP contribution in [-0.2, 0) is 11.2 Å². The standard InChI is InChI=1S/C29H37N3O3/c1-5-9-10-22(7-3)20-30-28(33)24-15-17-25(18-16-24)32-27(19-26(31-32)29(34)35-8-4)23-13-11-21(6-2)12-14-23/h11-19,22H,5-10,20H2,1-4H3,(H,30,33). The molecule has 0 bridgehead atoms. The minimum atomic E-state index is -0.456. The minimum absolute atomic E-state index is 0.0745. The maximum absolute atomic E-state index is 12.7. The summed E-state index contributed by atoms with van der Waals surface area (Å²) in [7, 11) is 0. The second-order valence-electron chi connectivity index (χ2n) is 8.77. The Morgan fingerprint density at radius 3 is 2.31 bits per heavy atom. The van der Waals surface area contributed by atoms with Crippen molar-refractivity contribution in [3.05, 3.63) is 71.4 Å². The summed E-state index contributed by atoms with van der Waals surface area (Å²) in [5, 5.41) is 7.61. The van der Waals surface area contributed by atoms with Crippen LogP contribution in [0.3, 0.4) is 0 Å². The lowest BCUT2D eigenvalue weighted by Crippen LogP contribution is -2.29. The van der Waals surface area contributed by atoms with E-state index in [9.17, 15) is 9.59 Å². The number of hydrogen-bond acceptors (Lipinski definition) is 4. The van der Waals surface area contributed by atoms with Crippen molar-refractivity contribution in [2.45, 2.75) is 59.8 Å². The number of ether oxygens (including phenoxy) is 1. The summed E-state index contributed by atoms with van der Waals surface area (Å²) >= 11 is 0. The summed E-state index contributed by atoms with van der Waals surface area (Å²) < 4.78 is 6.90. The van der Waals surface area contributed by atoms with Gasteiger partial charge in [-0.2, -0.15) is 5.10 Å². The van der Waals surface area contributed by atoms with Gasteiger partial charge in [0.25, 0.3) is 5.91 Å². The summed E-state index contributed by atoms with van der Waals surface area (Å²) in [6, 6.07) is 17.3. The topological polar surface area (TPSA) is 73.2 Å². The molecule has 1 N–H and O–H groups in total. The minimum Gasteiger partial charge on any atom is -0.461 e. The number of carbonyl (C=O) groups excluding carboxylic acids is 2. The van der Waals surface area contributed by atoms with E-state index in [1.807, 2.05) is 24.3 Å².